The third-order valence-electron chi connectivity index (χ3n) is 3.63. The zero-order valence-electron chi connectivity index (χ0n) is 14.8. The van der Waals surface area contributed by atoms with Crippen molar-refractivity contribution in [3.63, 3.8) is 0 Å². The lowest BCUT2D eigenvalue weighted by atomic mass is 10.2. The van der Waals surface area contributed by atoms with E-state index in [1.807, 2.05) is 41.8 Å². The number of rotatable bonds is 7. The molecule has 0 aliphatic heterocycles. The summed E-state index contributed by atoms with van der Waals surface area (Å²) in [5.41, 5.74) is 2.66. The Bertz CT molecular complexity index is 935. The van der Waals surface area contributed by atoms with Crippen molar-refractivity contribution >= 4 is 40.1 Å². The number of amides is 1. The SMILES string of the molecule is CCCOc1ccc(-c2csc(NC(=O)/C=C/c3cccc(Cl)c3)n2)cc1. The molecule has 2 aromatic carbocycles. The summed E-state index contributed by atoms with van der Waals surface area (Å²) in [4.78, 5) is 16.6. The second-order valence-corrected chi connectivity index (χ2v) is 7.08. The van der Waals surface area contributed by atoms with Crippen LogP contribution in [0, 0.1) is 0 Å². The molecule has 0 radical (unpaired) electrons. The quantitative estimate of drug-likeness (QED) is 0.504. The van der Waals surface area contributed by atoms with E-state index in [1.165, 1.54) is 17.4 Å². The van der Waals surface area contributed by atoms with Gasteiger partial charge in [0.15, 0.2) is 5.13 Å². The highest BCUT2D eigenvalue weighted by molar-refractivity contribution is 7.14. The number of carbonyl (C=O) groups is 1. The monoisotopic (exact) mass is 398 g/mol. The average Bonchev–Trinajstić information content (AvgIpc) is 3.13. The van der Waals surface area contributed by atoms with Crippen LogP contribution in [-0.4, -0.2) is 17.5 Å². The van der Waals surface area contributed by atoms with E-state index < -0.39 is 0 Å². The normalized spacial score (nSPS) is 10.9. The Morgan fingerprint density at radius 2 is 2.07 bits per heavy atom. The molecule has 6 heteroatoms. The van der Waals surface area contributed by atoms with Crippen molar-refractivity contribution < 1.29 is 9.53 Å². The van der Waals surface area contributed by atoms with Gasteiger partial charge in [-0.25, -0.2) is 4.98 Å². The second-order valence-electron chi connectivity index (χ2n) is 5.79. The van der Waals surface area contributed by atoms with E-state index in [0.717, 1.165) is 29.0 Å². The third kappa shape index (κ3) is 5.67. The molecule has 1 N–H and O–H groups in total. The Hall–Kier alpha value is -2.63. The lowest BCUT2D eigenvalue weighted by Gasteiger charge is -2.04. The van der Waals surface area contributed by atoms with Crippen LogP contribution in [-0.2, 0) is 4.79 Å². The van der Waals surface area contributed by atoms with Crippen LogP contribution in [0.15, 0.2) is 60.0 Å². The number of nitrogens with one attached hydrogen (secondary N) is 1. The van der Waals surface area contributed by atoms with Gasteiger partial charge >= 0.3 is 0 Å². The van der Waals surface area contributed by atoms with Crippen LogP contribution in [0.25, 0.3) is 17.3 Å². The maximum Gasteiger partial charge on any atom is 0.250 e. The van der Waals surface area contributed by atoms with Crippen LogP contribution < -0.4 is 10.1 Å². The first kappa shape index (κ1) is 19.1. The van der Waals surface area contributed by atoms with Gasteiger partial charge in [0.1, 0.15) is 5.75 Å². The van der Waals surface area contributed by atoms with Crippen molar-refractivity contribution in [2.24, 2.45) is 0 Å². The van der Waals surface area contributed by atoms with E-state index >= 15 is 0 Å². The van der Waals surface area contributed by atoms with Gasteiger partial charge in [0.2, 0.25) is 5.91 Å². The fourth-order valence-corrected chi connectivity index (χ4v) is 3.26. The summed E-state index contributed by atoms with van der Waals surface area (Å²) in [6, 6.07) is 15.1. The number of anilines is 1. The minimum Gasteiger partial charge on any atom is -0.494 e. The first-order valence-corrected chi connectivity index (χ1v) is 9.83. The number of thiazole rings is 1. The van der Waals surface area contributed by atoms with Crippen LogP contribution in [0.5, 0.6) is 5.75 Å². The Morgan fingerprint density at radius 1 is 1.26 bits per heavy atom. The summed E-state index contributed by atoms with van der Waals surface area (Å²) in [7, 11) is 0. The highest BCUT2D eigenvalue weighted by Gasteiger charge is 2.07. The predicted octanol–water partition coefficient (Wildman–Crippen LogP) is 5.90. The fraction of sp³-hybridized carbons (Fsp3) is 0.143. The molecule has 138 valence electrons. The number of aromatic nitrogens is 1. The molecule has 3 aromatic rings. The van der Waals surface area contributed by atoms with Gasteiger partial charge in [0.05, 0.1) is 12.3 Å². The van der Waals surface area contributed by atoms with Gasteiger partial charge in [-0.2, -0.15) is 0 Å². The van der Waals surface area contributed by atoms with E-state index in [2.05, 4.69) is 17.2 Å². The first-order valence-electron chi connectivity index (χ1n) is 8.57. The summed E-state index contributed by atoms with van der Waals surface area (Å²) in [5.74, 6) is 0.606. The number of ether oxygens (including phenoxy) is 1. The van der Waals surface area contributed by atoms with E-state index in [1.54, 1.807) is 18.2 Å². The topological polar surface area (TPSA) is 51.2 Å². The van der Waals surface area contributed by atoms with Gasteiger partial charge < -0.3 is 4.74 Å². The molecule has 0 saturated heterocycles. The molecule has 1 amide bonds. The zero-order chi connectivity index (χ0) is 19.1. The van der Waals surface area contributed by atoms with E-state index in [4.69, 9.17) is 16.3 Å². The average molecular weight is 399 g/mol. The van der Waals surface area contributed by atoms with Gasteiger partial charge in [-0.1, -0.05) is 30.7 Å². The first-order chi connectivity index (χ1) is 13.1. The minimum atomic E-state index is -0.237. The lowest BCUT2D eigenvalue weighted by molar-refractivity contribution is -0.111. The largest absolute Gasteiger partial charge is 0.494 e. The molecule has 27 heavy (non-hydrogen) atoms. The van der Waals surface area contributed by atoms with Crippen molar-refractivity contribution in [1.82, 2.24) is 4.98 Å². The van der Waals surface area contributed by atoms with Gasteiger partial charge in [-0.3, -0.25) is 10.1 Å². The zero-order valence-corrected chi connectivity index (χ0v) is 16.4. The molecule has 0 fully saturated rings. The van der Waals surface area contributed by atoms with Crippen molar-refractivity contribution in [3.8, 4) is 17.0 Å². The highest BCUT2D eigenvalue weighted by Crippen LogP contribution is 2.26. The molecule has 0 saturated carbocycles. The number of benzene rings is 2. The predicted molar refractivity (Wildman–Crippen MR) is 112 cm³/mol. The molecule has 1 aromatic heterocycles. The van der Waals surface area contributed by atoms with Crippen molar-refractivity contribution in [2.75, 3.05) is 11.9 Å². The van der Waals surface area contributed by atoms with Crippen molar-refractivity contribution in [3.05, 3.63) is 70.6 Å². The molecule has 0 unspecified atom stereocenters. The second kappa shape index (κ2) is 9.35. The van der Waals surface area contributed by atoms with Gasteiger partial charge in [0, 0.05) is 22.0 Å². The Balaban J connectivity index is 1.61. The smallest absolute Gasteiger partial charge is 0.250 e. The van der Waals surface area contributed by atoms with Crippen LogP contribution in [0.1, 0.15) is 18.9 Å². The Morgan fingerprint density at radius 3 is 2.81 bits per heavy atom. The van der Waals surface area contributed by atoms with E-state index in [9.17, 15) is 4.79 Å². The summed E-state index contributed by atoms with van der Waals surface area (Å²) in [5, 5.41) is 5.88. The fourth-order valence-electron chi connectivity index (χ4n) is 2.33. The molecule has 1 heterocycles. The van der Waals surface area contributed by atoms with Gasteiger partial charge in [-0.15, -0.1) is 11.3 Å². The molecular formula is C21H19ClN2O2S. The van der Waals surface area contributed by atoms with Crippen LogP contribution in [0.3, 0.4) is 0 Å². The Labute approximate surface area is 167 Å². The van der Waals surface area contributed by atoms with Crippen LogP contribution in [0.4, 0.5) is 5.13 Å². The molecule has 3 rings (SSSR count). The standard InChI is InChI=1S/C21H19ClN2O2S/c1-2-12-26-18-9-7-16(8-10-18)19-14-27-21(23-19)24-20(25)11-6-15-4-3-5-17(22)13-15/h3-11,13-14H,2,12H2,1H3,(H,23,24,25)/b11-6+. The van der Waals surface area contributed by atoms with E-state index in [-0.39, 0.29) is 5.91 Å². The number of hydrogen-bond acceptors (Lipinski definition) is 4. The lowest BCUT2D eigenvalue weighted by Crippen LogP contribution is -2.07. The number of halogens is 1. The molecular weight excluding hydrogens is 380 g/mol. The third-order valence-corrected chi connectivity index (χ3v) is 4.63. The van der Waals surface area contributed by atoms with Crippen molar-refractivity contribution in [2.45, 2.75) is 13.3 Å². The summed E-state index contributed by atoms with van der Waals surface area (Å²) in [6.45, 7) is 2.78. The van der Waals surface area contributed by atoms with Crippen LogP contribution >= 0.6 is 22.9 Å². The van der Waals surface area contributed by atoms with Gasteiger partial charge in [0.25, 0.3) is 0 Å². The highest BCUT2D eigenvalue weighted by atomic mass is 35.5. The number of nitrogens with zero attached hydrogens (tertiary/aromatic N) is 1. The summed E-state index contributed by atoms with van der Waals surface area (Å²) < 4.78 is 5.58. The molecule has 0 aliphatic rings. The van der Waals surface area contributed by atoms with E-state index in [0.29, 0.717) is 16.8 Å². The molecule has 0 atom stereocenters. The summed E-state index contributed by atoms with van der Waals surface area (Å²) in [6.07, 6.45) is 4.15. The minimum absolute atomic E-state index is 0.237. The van der Waals surface area contributed by atoms with Crippen LogP contribution in [0.2, 0.25) is 5.02 Å². The maximum atomic E-state index is 12.1. The molecule has 0 bridgehead atoms. The maximum absolute atomic E-state index is 12.1. The molecule has 0 spiro atoms. The molecule has 0 aliphatic carbocycles. The van der Waals surface area contributed by atoms with Gasteiger partial charge in [-0.05, 0) is 54.5 Å². The summed E-state index contributed by atoms with van der Waals surface area (Å²) >= 11 is 7.32. The number of hydrogen-bond donors (Lipinski definition) is 1. The Kier molecular flexibility index (Phi) is 6.63. The van der Waals surface area contributed by atoms with Crippen molar-refractivity contribution in [1.29, 1.82) is 0 Å². The molecule has 4 nitrogen and oxygen atoms in total. The number of carbonyl (C=O) groups excluding carboxylic acids is 1.